The number of fused-ring (bicyclic) bond motifs is 1. The number of H-pyrrole nitrogens is 1. The molecule has 0 atom stereocenters. The minimum Gasteiger partial charge on any atom is -0.483 e. The lowest BCUT2D eigenvalue weighted by molar-refractivity contribution is 0.294. The maximum Gasteiger partial charge on any atom is 0.153 e. The molecule has 3 rings (SSSR count). The molecular formula is C16H21N5O. The van der Waals surface area contributed by atoms with Crippen LogP contribution in [0, 0.1) is 5.92 Å². The van der Waals surface area contributed by atoms with E-state index in [0.717, 1.165) is 28.9 Å². The summed E-state index contributed by atoms with van der Waals surface area (Å²) in [4.78, 5) is 4.27. The highest BCUT2D eigenvalue weighted by molar-refractivity contribution is 5.93. The van der Waals surface area contributed by atoms with Crippen molar-refractivity contribution in [2.75, 3.05) is 5.73 Å². The number of nitrogen functional groups attached to an aromatic ring is 1. The molecule has 3 N–H and O–H groups in total. The lowest BCUT2D eigenvalue weighted by atomic mass is 10.0. The zero-order valence-corrected chi connectivity index (χ0v) is 13.1. The third kappa shape index (κ3) is 2.77. The molecule has 0 radical (unpaired) electrons. The van der Waals surface area contributed by atoms with Crippen molar-refractivity contribution in [3.63, 3.8) is 0 Å². The maximum atomic E-state index is 5.97. The summed E-state index contributed by atoms with van der Waals surface area (Å²) in [5.41, 5.74) is 7.98. The molecule has 22 heavy (non-hydrogen) atoms. The van der Waals surface area contributed by atoms with Gasteiger partial charge < -0.3 is 15.0 Å². The number of hydrogen-bond acceptors (Lipinski definition) is 4. The molecule has 2 aromatic heterocycles. The topological polar surface area (TPSA) is 81.8 Å². The van der Waals surface area contributed by atoms with Gasteiger partial charge in [-0.3, -0.25) is 5.10 Å². The van der Waals surface area contributed by atoms with E-state index in [1.54, 1.807) is 6.20 Å². The van der Waals surface area contributed by atoms with Crippen LogP contribution < -0.4 is 10.5 Å². The number of imidazole rings is 1. The average Bonchev–Trinajstić information content (AvgIpc) is 3.03. The van der Waals surface area contributed by atoms with Crippen molar-refractivity contribution in [2.24, 2.45) is 13.0 Å². The summed E-state index contributed by atoms with van der Waals surface area (Å²) in [6.07, 6.45) is 4.63. The fourth-order valence-corrected chi connectivity index (χ4v) is 2.55. The van der Waals surface area contributed by atoms with Gasteiger partial charge in [0, 0.05) is 24.8 Å². The van der Waals surface area contributed by atoms with Gasteiger partial charge in [-0.2, -0.15) is 5.10 Å². The highest BCUT2D eigenvalue weighted by atomic mass is 16.5. The molecule has 6 nitrogen and oxygen atoms in total. The Balaban J connectivity index is 1.94. The van der Waals surface area contributed by atoms with Crippen LogP contribution in [0.15, 0.2) is 24.5 Å². The Hall–Kier alpha value is -2.50. The van der Waals surface area contributed by atoms with Gasteiger partial charge in [-0.15, -0.1) is 0 Å². The van der Waals surface area contributed by atoms with Gasteiger partial charge in [0.05, 0.1) is 0 Å². The number of nitrogens with two attached hydrogens (primary N) is 1. The zero-order valence-electron chi connectivity index (χ0n) is 13.1. The van der Waals surface area contributed by atoms with Crippen LogP contribution in [0.4, 0.5) is 5.82 Å². The van der Waals surface area contributed by atoms with E-state index in [-0.39, 0.29) is 0 Å². The van der Waals surface area contributed by atoms with E-state index in [1.807, 2.05) is 17.8 Å². The molecule has 0 aliphatic heterocycles. The third-order valence-electron chi connectivity index (χ3n) is 3.65. The molecule has 0 saturated carbocycles. The number of ether oxygens (including phenoxy) is 1. The van der Waals surface area contributed by atoms with Crippen molar-refractivity contribution in [2.45, 2.75) is 26.9 Å². The Bertz CT molecular complexity index is 787. The molecule has 0 aliphatic rings. The number of anilines is 1. The molecule has 3 aromatic rings. The predicted octanol–water partition coefficient (Wildman–Crippen LogP) is 2.66. The van der Waals surface area contributed by atoms with Gasteiger partial charge in [-0.25, -0.2) is 4.98 Å². The number of aryl methyl sites for hydroxylation is 1. The van der Waals surface area contributed by atoms with Gasteiger partial charge in [-0.05, 0) is 30.0 Å². The quantitative estimate of drug-likeness (QED) is 0.759. The summed E-state index contributed by atoms with van der Waals surface area (Å²) in [7, 11) is 1.95. The van der Waals surface area contributed by atoms with E-state index in [0.29, 0.717) is 18.3 Å². The second kappa shape index (κ2) is 5.71. The van der Waals surface area contributed by atoms with E-state index in [9.17, 15) is 0 Å². The molecule has 0 bridgehead atoms. The number of aromatic nitrogens is 4. The Morgan fingerprint density at radius 3 is 2.86 bits per heavy atom. The molecular weight excluding hydrogens is 278 g/mol. The van der Waals surface area contributed by atoms with Crippen LogP contribution in [0.25, 0.3) is 10.9 Å². The SMILES string of the molecule is CC(C)Cc1cc(OCc2nccn2C)c2[nH]nc(N)c2c1. The first kappa shape index (κ1) is 14.4. The molecule has 0 saturated heterocycles. The summed E-state index contributed by atoms with van der Waals surface area (Å²) in [6.45, 7) is 4.79. The minimum absolute atomic E-state index is 0.405. The average molecular weight is 299 g/mol. The number of hydrogen-bond donors (Lipinski definition) is 2. The lowest BCUT2D eigenvalue weighted by Gasteiger charge is -2.11. The summed E-state index contributed by atoms with van der Waals surface area (Å²) in [5, 5.41) is 7.96. The van der Waals surface area contributed by atoms with Crippen LogP contribution >= 0.6 is 0 Å². The fraction of sp³-hybridized carbons (Fsp3) is 0.375. The fourth-order valence-electron chi connectivity index (χ4n) is 2.55. The monoisotopic (exact) mass is 299 g/mol. The number of rotatable bonds is 5. The summed E-state index contributed by atoms with van der Waals surface area (Å²) < 4.78 is 7.91. The third-order valence-corrected chi connectivity index (χ3v) is 3.65. The van der Waals surface area contributed by atoms with E-state index < -0.39 is 0 Å². The Kier molecular flexibility index (Phi) is 3.75. The Morgan fingerprint density at radius 1 is 1.36 bits per heavy atom. The number of nitrogens with zero attached hydrogens (tertiary/aromatic N) is 3. The van der Waals surface area contributed by atoms with Gasteiger partial charge >= 0.3 is 0 Å². The smallest absolute Gasteiger partial charge is 0.153 e. The molecule has 0 aliphatic carbocycles. The van der Waals surface area contributed by atoms with Crippen LogP contribution in [0.1, 0.15) is 25.2 Å². The first-order valence-corrected chi connectivity index (χ1v) is 7.40. The molecule has 1 aromatic carbocycles. The van der Waals surface area contributed by atoms with E-state index in [4.69, 9.17) is 10.5 Å². The molecule has 0 amide bonds. The molecule has 0 spiro atoms. The highest BCUT2D eigenvalue weighted by Gasteiger charge is 2.12. The lowest BCUT2D eigenvalue weighted by Crippen LogP contribution is -2.04. The number of aromatic amines is 1. The second-order valence-electron chi connectivity index (χ2n) is 5.97. The van der Waals surface area contributed by atoms with Crippen molar-refractivity contribution in [1.82, 2.24) is 19.7 Å². The number of benzene rings is 1. The van der Waals surface area contributed by atoms with Crippen LogP contribution in [-0.2, 0) is 20.1 Å². The standard InChI is InChI=1S/C16H21N5O/c1-10(2)6-11-7-12-15(19-20-16(12)17)13(8-11)22-9-14-18-4-5-21(14)3/h4-5,7-8,10H,6,9H2,1-3H3,(H3,17,19,20). The maximum absolute atomic E-state index is 5.97. The second-order valence-corrected chi connectivity index (χ2v) is 5.97. The predicted molar refractivity (Wildman–Crippen MR) is 86.6 cm³/mol. The molecule has 116 valence electrons. The number of nitrogens with one attached hydrogen (secondary N) is 1. The van der Waals surface area contributed by atoms with E-state index in [1.165, 1.54) is 5.56 Å². The van der Waals surface area contributed by atoms with Gasteiger partial charge in [0.25, 0.3) is 0 Å². The zero-order chi connectivity index (χ0) is 15.7. The van der Waals surface area contributed by atoms with Crippen molar-refractivity contribution in [3.05, 3.63) is 35.9 Å². The van der Waals surface area contributed by atoms with Crippen LogP contribution in [0.2, 0.25) is 0 Å². The van der Waals surface area contributed by atoms with Gasteiger partial charge in [0.15, 0.2) is 5.82 Å². The summed E-state index contributed by atoms with van der Waals surface area (Å²) in [5.74, 6) is 2.70. The van der Waals surface area contributed by atoms with Gasteiger partial charge in [-0.1, -0.05) is 13.8 Å². The van der Waals surface area contributed by atoms with Crippen molar-refractivity contribution >= 4 is 16.7 Å². The summed E-state index contributed by atoms with van der Waals surface area (Å²) >= 11 is 0. The highest BCUT2D eigenvalue weighted by Crippen LogP contribution is 2.30. The van der Waals surface area contributed by atoms with Crippen molar-refractivity contribution in [1.29, 1.82) is 0 Å². The molecule has 0 unspecified atom stereocenters. The van der Waals surface area contributed by atoms with E-state index in [2.05, 4.69) is 41.2 Å². The van der Waals surface area contributed by atoms with Crippen LogP contribution in [-0.4, -0.2) is 19.7 Å². The summed E-state index contributed by atoms with van der Waals surface area (Å²) in [6, 6.07) is 4.14. The van der Waals surface area contributed by atoms with Crippen molar-refractivity contribution < 1.29 is 4.74 Å². The van der Waals surface area contributed by atoms with Crippen LogP contribution in [0.3, 0.4) is 0 Å². The van der Waals surface area contributed by atoms with Gasteiger partial charge in [0.2, 0.25) is 0 Å². The van der Waals surface area contributed by atoms with E-state index >= 15 is 0 Å². The molecule has 2 heterocycles. The molecule has 0 fully saturated rings. The largest absolute Gasteiger partial charge is 0.483 e. The first-order valence-electron chi connectivity index (χ1n) is 7.40. The Labute approximate surface area is 129 Å². The van der Waals surface area contributed by atoms with Gasteiger partial charge in [0.1, 0.15) is 23.7 Å². The normalized spacial score (nSPS) is 11.5. The van der Waals surface area contributed by atoms with Crippen molar-refractivity contribution in [3.8, 4) is 5.75 Å². The molecule has 6 heteroatoms. The Morgan fingerprint density at radius 2 is 2.18 bits per heavy atom. The first-order chi connectivity index (χ1) is 10.5. The van der Waals surface area contributed by atoms with Crippen LogP contribution in [0.5, 0.6) is 5.75 Å². The minimum atomic E-state index is 0.405.